The number of nitrogens with one attached hydrogen (secondary N) is 1. The van der Waals surface area contributed by atoms with Gasteiger partial charge in [0.2, 0.25) is 5.82 Å². The normalized spacial score (nSPS) is 24.6. The van der Waals surface area contributed by atoms with E-state index in [0.29, 0.717) is 19.0 Å². The van der Waals surface area contributed by atoms with Crippen LogP contribution in [0.1, 0.15) is 44.1 Å². The third-order valence-corrected chi connectivity index (χ3v) is 3.34. The van der Waals surface area contributed by atoms with Crippen LogP contribution in [-0.2, 0) is 5.41 Å². The Morgan fingerprint density at radius 2 is 2.11 bits per heavy atom. The van der Waals surface area contributed by atoms with Crippen molar-refractivity contribution in [3.63, 3.8) is 0 Å². The van der Waals surface area contributed by atoms with E-state index in [1.165, 1.54) is 0 Å². The highest BCUT2D eigenvalue weighted by atomic mass is 16.2. The monoisotopic (exact) mass is 251 g/mol. The van der Waals surface area contributed by atoms with Crippen molar-refractivity contribution in [1.82, 2.24) is 20.1 Å². The molecule has 6 nitrogen and oxygen atoms in total. The van der Waals surface area contributed by atoms with Crippen molar-refractivity contribution >= 4 is 5.91 Å². The second-order valence-corrected chi connectivity index (χ2v) is 6.11. The van der Waals surface area contributed by atoms with E-state index in [4.69, 9.17) is 5.73 Å². The standard InChI is InChI=1S/C12H21N5O/c1-7-5-17(6-8(7)13)10(18)9-14-11(16-15-9)12(2,3)4/h7-8H,5-6,13H2,1-4H3,(H,14,15,16). The van der Waals surface area contributed by atoms with Gasteiger partial charge in [0.25, 0.3) is 5.91 Å². The quantitative estimate of drug-likeness (QED) is 0.761. The summed E-state index contributed by atoms with van der Waals surface area (Å²) in [6.07, 6.45) is 0. The number of hydrogen-bond donors (Lipinski definition) is 2. The average molecular weight is 251 g/mol. The number of carbonyl (C=O) groups excluding carboxylic acids is 1. The predicted octanol–water partition coefficient (Wildman–Crippen LogP) is 0.521. The Kier molecular flexibility index (Phi) is 3.14. The Morgan fingerprint density at radius 3 is 2.56 bits per heavy atom. The van der Waals surface area contributed by atoms with Crippen LogP contribution < -0.4 is 5.73 Å². The predicted molar refractivity (Wildman–Crippen MR) is 68.1 cm³/mol. The van der Waals surface area contributed by atoms with Crippen molar-refractivity contribution < 1.29 is 4.79 Å². The van der Waals surface area contributed by atoms with Gasteiger partial charge in [-0.2, -0.15) is 0 Å². The van der Waals surface area contributed by atoms with Gasteiger partial charge in [-0.05, 0) is 5.92 Å². The Hall–Kier alpha value is -1.43. The summed E-state index contributed by atoms with van der Waals surface area (Å²) in [5.41, 5.74) is 5.78. The van der Waals surface area contributed by atoms with Crippen molar-refractivity contribution in [1.29, 1.82) is 0 Å². The number of hydrogen-bond acceptors (Lipinski definition) is 4. The number of nitrogens with zero attached hydrogens (tertiary/aromatic N) is 3. The van der Waals surface area contributed by atoms with Gasteiger partial charge >= 0.3 is 0 Å². The highest BCUT2D eigenvalue weighted by Gasteiger charge is 2.32. The van der Waals surface area contributed by atoms with Crippen LogP contribution in [0.5, 0.6) is 0 Å². The molecule has 0 spiro atoms. The highest BCUT2D eigenvalue weighted by molar-refractivity contribution is 5.90. The van der Waals surface area contributed by atoms with Crippen LogP contribution in [0.2, 0.25) is 0 Å². The van der Waals surface area contributed by atoms with Gasteiger partial charge < -0.3 is 10.6 Å². The van der Waals surface area contributed by atoms with Gasteiger partial charge in [0, 0.05) is 24.5 Å². The molecule has 1 aliphatic heterocycles. The third-order valence-electron chi connectivity index (χ3n) is 3.34. The summed E-state index contributed by atoms with van der Waals surface area (Å²) in [6.45, 7) is 9.39. The number of aromatic amines is 1. The minimum Gasteiger partial charge on any atom is -0.334 e. The van der Waals surface area contributed by atoms with Crippen LogP contribution >= 0.6 is 0 Å². The van der Waals surface area contributed by atoms with E-state index in [2.05, 4.69) is 22.1 Å². The Morgan fingerprint density at radius 1 is 1.44 bits per heavy atom. The van der Waals surface area contributed by atoms with E-state index in [9.17, 15) is 4.79 Å². The molecule has 1 amide bonds. The van der Waals surface area contributed by atoms with Gasteiger partial charge in [0.05, 0.1) is 0 Å². The summed E-state index contributed by atoms with van der Waals surface area (Å²) in [6, 6.07) is 0.0509. The molecule has 2 atom stereocenters. The van der Waals surface area contributed by atoms with E-state index in [1.54, 1.807) is 4.90 Å². The van der Waals surface area contributed by atoms with Crippen molar-refractivity contribution in [2.45, 2.75) is 39.2 Å². The van der Waals surface area contributed by atoms with Gasteiger partial charge in [-0.1, -0.05) is 27.7 Å². The molecule has 0 aliphatic carbocycles. The zero-order valence-corrected chi connectivity index (χ0v) is 11.4. The van der Waals surface area contributed by atoms with Crippen molar-refractivity contribution in [3.05, 3.63) is 11.6 Å². The molecular formula is C12H21N5O. The second-order valence-electron chi connectivity index (χ2n) is 6.11. The lowest BCUT2D eigenvalue weighted by atomic mass is 9.96. The van der Waals surface area contributed by atoms with E-state index in [0.717, 1.165) is 5.82 Å². The Labute approximate surface area is 107 Å². The molecule has 3 N–H and O–H groups in total. The van der Waals surface area contributed by atoms with Gasteiger partial charge in [-0.25, -0.2) is 4.98 Å². The fourth-order valence-corrected chi connectivity index (χ4v) is 1.99. The lowest BCUT2D eigenvalue weighted by molar-refractivity contribution is 0.0775. The second kappa shape index (κ2) is 4.35. The van der Waals surface area contributed by atoms with E-state index < -0.39 is 0 Å². The van der Waals surface area contributed by atoms with Crippen LogP contribution in [0.4, 0.5) is 0 Å². The van der Waals surface area contributed by atoms with Crippen molar-refractivity contribution in [3.8, 4) is 0 Å². The molecule has 2 unspecified atom stereocenters. The van der Waals surface area contributed by atoms with Gasteiger partial charge in [-0.3, -0.25) is 9.89 Å². The molecule has 6 heteroatoms. The molecule has 1 saturated heterocycles. The van der Waals surface area contributed by atoms with Gasteiger partial charge in [-0.15, -0.1) is 5.10 Å². The van der Waals surface area contributed by atoms with E-state index in [1.807, 2.05) is 20.8 Å². The van der Waals surface area contributed by atoms with Crippen LogP contribution in [-0.4, -0.2) is 45.1 Å². The number of likely N-dealkylation sites (tertiary alicyclic amines) is 1. The molecule has 100 valence electrons. The maximum atomic E-state index is 12.2. The Bertz CT molecular complexity index is 438. The molecular weight excluding hydrogens is 230 g/mol. The number of carbonyl (C=O) groups is 1. The maximum absolute atomic E-state index is 12.2. The lowest BCUT2D eigenvalue weighted by Crippen LogP contribution is -2.32. The largest absolute Gasteiger partial charge is 0.334 e. The zero-order valence-electron chi connectivity index (χ0n) is 11.4. The molecule has 18 heavy (non-hydrogen) atoms. The first-order chi connectivity index (χ1) is 8.29. The number of H-pyrrole nitrogens is 1. The van der Waals surface area contributed by atoms with Gasteiger partial charge in [0.15, 0.2) is 0 Å². The SMILES string of the molecule is CC1CN(C(=O)c2n[nH]c(C(C)(C)C)n2)CC1N. The summed E-state index contributed by atoms with van der Waals surface area (Å²) < 4.78 is 0. The van der Waals surface area contributed by atoms with Crippen molar-refractivity contribution in [2.75, 3.05) is 13.1 Å². The zero-order chi connectivity index (χ0) is 13.5. The molecule has 2 heterocycles. The molecule has 1 aromatic rings. The number of rotatable bonds is 1. The minimum atomic E-state index is -0.139. The first-order valence-electron chi connectivity index (χ1n) is 6.27. The molecule has 2 rings (SSSR count). The molecule has 0 radical (unpaired) electrons. The third kappa shape index (κ3) is 2.38. The molecule has 1 aliphatic rings. The fourth-order valence-electron chi connectivity index (χ4n) is 1.99. The summed E-state index contributed by atoms with van der Waals surface area (Å²) >= 11 is 0. The van der Waals surface area contributed by atoms with Crippen LogP contribution in [0.3, 0.4) is 0 Å². The summed E-state index contributed by atoms with van der Waals surface area (Å²) in [4.78, 5) is 18.2. The topological polar surface area (TPSA) is 87.9 Å². The summed E-state index contributed by atoms with van der Waals surface area (Å²) in [7, 11) is 0. The molecule has 0 aromatic carbocycles. The maximum Gasteiger partial charge on any atom is 0.293 e. The smallest absolute Gasteiger partial charge is 0.293 e. The molecule has 1 aromatic heterocycles. The molecule has 0 saturated carbocycles. The first kappa shape index (κ1) is 13.0. The van der Waals surface area contributed by atoms with Crippen LogP contribution in [0.25, 0.3) is 0 Å². The number of aromatic nitrogens is 3. The fraction of sp³-hybridized carbons (Fsp3) is 0.750. The number of nitrogens with two attached hydrogens (primary N) is 1. The summed E-state index contributed by atoms with van der Waals surface area (Å²) in [5, 5.41) is 6.84. The lowest BCUT2D eigenvalue weighted by Gasteiger charge is -2.14. The van der Waals surface area contributed by atoms with Gasteiger partial charge in [0.1, 0.15) is 5.82 Å². The summed E-state index contributed by atoms with van der Waals surface area (Å²) in [5.74, 6) is 1.15. The highest BCUT2D eigenvalue weighted by Crippen LogP contribution is 2.19. The van der Waals surface area contributed by atoms with Crippen molar-refractivity contribution in [2.24, 2.45) is 11.7 Å². The average Bonchev–Trinajstić information content (AvgIpc) is 2.85. The van der Waals surface area contributed by atoms with Crippen LogP contribution in [0, 0.1) is 5.92 Å². The Balaban J connectivity index is 2.13. The van der Waals surface area contributed by atoms with E-state index >= 15 is 0 Å². The minimum absolute atomic E-state index is 0.0509. The first-order valence-corrected chi connectivity index (χ1v) is 6.27. The number of amides is 1. The molecule has 0 bridgehead atoms. The van der Waals surface area contributed by atoms with E-state index in [-0.39, 0.29) is 23.2 Å². The molecule has 1 fully saturated rings. The van der Waals surface area contributed by atoms with Crippen LogP contribution in [0.15, 0.2) is 0 Å².